The molecule has 1 amide bonds. The van der Waals surface area contributed by atoms with Gasteiger partial charge in [0.1, 0.15) is 17.4 Å². The Morgan fingerprint density at radius 2 is 1.66 bits per heavy atom. The summed E-state index contributed by atoms with van der Waals surface area (Å²) in [6.45, 7) is 2.50. The topological polar surface area (TPSA) is 79.5 Å². The standard InChI is InChI=1S/C32H28F2N4O3/c1-40-26-6-3-22(4-7-26)23-5-8-27(30(18-23)38-10-12-41-13-11-38)32(39)35-31-28-17-20(2-9-29(28)36-37-31)14-21-15-24(33)19-25(34)16-21/h2-9,15-19H,10-14H2,1H3,(H2,35,36,37,39). The number of carbonyl (C=O) groups is 1. The Morgan fingerprint density at radius 3 is 2.39 bits per heavy atom. The van der Waals surface area contributed by atoms with E-state index in [4.69, 9.17) is 9.47 Å². The van der Waals surface area contributed by atoms with Crippen LogP contribution in [0.3, 0.4) is 0 Å². The number of morpholine rings is 1. The number of methoxy groups -OCH3 is 1. The SMILES string of the molecule is COc1ccc(-c2ccc(C(=O)Nc3n[nH]c4ccc(Cc5cc(F)cc(F)c5)cc34)c(N3CCOCC3)c2)cc1. The first-order valence-electron chi connectivity index (χ1n) is 13.3. The van der Waals surface area contributed by atoms with Crippen LogP contribution in [0.15, 0.2) is 78.9 Å². The molecular formula is C32H28F2N4O3. The van der Waals surface area contributed by atoms with Gasteiger partial charge in [0.05, 0.1) is 37.1 Å². The van der Waals surface area contributed by atoms with Gasteiger partial charge in [-0.3, -0.25) is 9.89 Å². The van der Waals surface area contributed by atoms with E-state index in [0.29, 0.717) is 55.1 Å². The summed E-state index contributed by atoms with van der Waals surface area (Å²) < 4.78 is 38.2. The highest BCUT2D eigenvalue weighted by Crippen LogP contribution is 2.31. The maximum Gasteiger partial charge on any atom is 0.258 e. The number of hydrogen-bond donors (Lipinski definition) is 2. The van der Waals surface area contributed by atoms with E-state index in [2.05, 4.69) is 20.4 Å². The molecule has 9 heteroatoms. The lowest BCUT2D eigenvalue weighted by molar-refractivity contribution is 0.102. The van der Waals surface area contributed by atoms with E-state index in [1.165, 1.54) is 12.1 Å². The summed E-state index contributed by atoms with van der Waals surface area (Å²) in [5, 5.41) is 11.0. The average molecular weight is 555 g/mol. The number of ether oxygens (including phenoxy) is 2. The normalized spacial score (nSPS) is 13.4. The van der Waals surface area contributed by atoms with Crippen LogP contribution in [0.5, 0.6) is 5.75 Å². The largest absolute Gasteiger partial charge is 0.497 e. The fraction of sp³-hybridized carbons (Fsp3) is 0.188. The van der Waals surface area contributed by atoms with E-state index in [1.54, 1.807) is 7.11 Å². The third kappa shape index (κ3) is 5.76. The van der Waals surface area contributed by atoms with Gasteiger partial charge < -0.3 is 19.7 Å². The van der Waals surface area contributed by atoms with Gasteiger partial charge in [-0.05, 0) is 77.2 Å². The second-order valence-electron chi connectivity index (χ2n) is 9.92. The van der Waals surface area contributed by atoms with Crippen LogP contribution in [-0.2, 0) is 11.2 Å². The number of nitrogens with zero attached hydrogens (tertiary/aromatic N) is 2. The molecule has 7 nitrogen and oxygen atoms in total. The highest BCUT2D eigenvalue weighted by molar-refractivity contribution is 6.11. The summed E-state index contributed by atoms with van der Waals surface area (Å²) in [4.78, 5) is 15.8. The molecule has 0 atom stereocenters. The van der Waals surface area contributed by atoms with Crippen LogP contribution in [0.4, 0.5) is 20.3 Å². The van der Waals surface area contributed by atoms with Gasteiger partial charge in [-0.1, -0.05) is 24.3 Å². The quantitative estimate of drug-likeness (QED) is 0.251. The molecular weight excluding hydrogens is 526 g/mol. The van der Waals surface area contributed by atoms with Crippen molar-refractivity contribution in [2.75, 3.05) is 43.6 Å². The summed E-state index contributed by atoms with van der Waals surface area (Å²) in [6.07, 6.45) is 0.331. The lowest BCUT2D eigenvalue weighted by atomic mass is 10.0. The van der Waals surface area contributed by atoms with E-state index < -0.39 is 11.6 Å². The number of benzene rings is 4. The van der Waals surface area contributed by atoms with Crippen molar-refractivity contribution in [2.24, 2.45) is 0 Å². The van der Waals surface area contributed by atoms with Gasteiger partial charge in [0, 0.05) is 24.5 Å². The molecule has 0 saturated carbocycles. The zero-order valence-corrected chi connectivity index (χ0v) is 22.4. The van der Waals surface area contributed by atoms with Crippen LogP contribution in [0.2, 0.25) is 0 Å². The van der Waals surface area contributed by atoms with Gasteiger partial charge in [-0.15, -0.1) is 0 Å². The van der Waals surface area contributed by atoms with Crippen molar-refractivity contribution in [3.05, 3.63) is 107 Å². The molecule has 6 rings (SSSR count). The molecule has 0 spiro atoms. The predicted molar refractivity (Wildman–Crippen MR) is 155 cm³/mol. The number of H-pyrrole nitrogens is 1. The van der Waals surface area contributed by atoms with Crippen molar-refractivity contribution >= 4 is 28.3 Å². The lowest BCUT2D eigenvalue weighted by Gasteiger charge is -2.30. The van der Waals surface area contributed by atoms with Gasteiger partial charge in [0.15, 0.2) is 5.82 Å². The molecule has 1 saturated heterocycles. The Kier molecular flexibility index (Phi) is 7.35. The minimum Gasteiger partial charge on any atom is -0.497 e. The number of carbonyl (C=O) groups excluding carboxylic acids is 1. The molecule has 0 aliphatic carbocycles. The zero-order valence-electron chi connectivity index (χ0n) is 22.4. The third-order valence-electron chi connectivity index (χ3n) is 7.21. The Bertz CT molecular complexity index is 1690. The van der Waals surface area contributed by atoms with Crippen molar-refractivity contribution in [1.82, 2.24) is 10.2 Å². The molecule has 4 aromatic carbocycles. The van der Waals surface area contributed by atoms with Crippen LogP contribution >= 0.6 is 0 Å². The molecule has 1 aliphatic heterocycles. The Hall–Kier alpha value is -4.76. The average Bonchev–Trinajstić information content (AvgIpc) is 3.38. The van der Waals surface area contributed by atoms with Gasteiger partial charge >= 0.3 is 0 Å². The van der Waals surface area contributed by atoms with Crippen molar-refractivity contribution in [2.45, 2.75) is 6.42 Å². The van der Waals surface area contributed by atoms with Gasteiger partial charge in [-0.2, -0.15) is 5.10 Å². The molecule has 0 radical (unpaired) electrons. The maximum atomic E-state index is 13.7. The molecule has 0 unspecified atom stereocenters. The first-order chi connectivity index (χ1) is 20.0. The fourth-order valence-electron chi connectivity index (χ4n) is 5.14. The van der Waals surface area contributed by atoms with Crippen molar-refractivity contribution in [1.29, 1.82) is 0 Å². The van der Waals surface area contributed by atoms with Crippen LogP contribution in [0.1, 0.15) is 21.5 Å². The summed E-state index contributed by atoms with van der Waals surface area (Å²) >= 11 is 0. The predicted octanol–water partition coefficient (Wildman–Crippen LogP) is 6.20. The number of anilines is 2. The van der Waals surface area contributed by atoms with Crippen molar-refractivity contribution < 1.29 is 23.0 Å². The van der Waals surface area contributed by atoms with E-state index in [9.17, 15) is 13.6 Å². The van der Waals surface area contributed by atoms with E-state index in [1.807, 2.05) is 60.7 Å². The molecule has 208 valence electrons. The van der Waals surface area contributed by atoms with Crippen molar-refractivity contribution in [3.8, 4) is 16.9 Å². The van der Waals surface area contributed by atoms with Crippen LogP contribution in [0.25, 0.3) is 22.0 Å². The highest BCUT2D eigenvalue weighted by atomic mass is 19.1. The second kappa shape index (κ2) is 11.4. The van der Waals surface area contributed by atoms with E-state index in [0.717, 1.165) is 39.7 Å². The van der Waals surface area contributed by atoms with Crippen LogP contribution in [-0.4, -0.2) is 49.5 Å². The first kappa shape index (κ1) is 26.5. The summed E-state index contributed by atoms with van der Waals surface area (Å²) in [5.41, 5.74) is 5.41. The Labute approximate surface area is 235 Å². The number of rotatable bonds is 7. The number of amides is 1. The minimum absolute atomic E-state index is 0.293. The summed E-state index contributed by atoms with van der Waals surface area (Å²) in [6, 6.07) is 22.6. The highest BCUT2D eigenvalue weighted by Gasteiger charge is 2.21. The van der Waals surface area contributed by atoms with Gasteiger partial charge in [0.2, 0.25) is 0 Å². The number of halogens is 2. The van der Waals surface area contributed by atoms with Crippen molar-refractivity contribution in [3.63, 3.8) is 0 Å². The van der Waals surface area contributed by atoms with Gasteiger partial charge in [-0.25, -0.2) is 8.78 Å². The maximum absolute atomic E-state index is 13.7. The molecule has 2 N–H and O–H groups in total. The molecule has 1 aliphatic rings. The number of hydrogen-bond acceptors (Lipinski definition) is 5. The van der Waals surface area contributed by atoms with Crippen LogP contribution < -0.4 is 15.0 Å². The molecule has 41 heavy (non-hydrogen) atoms. The second-order valence-corrected chi connectivity index (χ2v) is 9.92. The fourth-order valence-corrected chi connectivity index (χ4v) is 5.14. The third-order valence-corrected chi connectivity index (χ3v) is 7.21. The monoisotopic (exact) mass is 554 g/mol. The zero-order chi connectivity index (χ0) is 28.3. The minimum atomic E-state index is -0.619. The summed E-state index contributed by atoms with van der Waals surface area (Å²) in [5.74, 6) is -0.378. The first-order valence-corrected chi connectivity index (χ1v) is 13.3. The van der Waals surface area contributed by atoms with E-state index >= 15 is 0 Å². The molecule has 1 fully saturated rings. The van der Waals surface area contributed by atoms with Gasteiger partial charge in [0.25, 0.3) is 5.91 Å². The summed E-state index contributed by atoms with van der Waals surface area (Å²) in [7, 11) is 1.63. The lowest BCUT2D eigenvalue weighted by Crippen LogP contribution is -2.37. The van der Waals surface area contributed by atoms with Crippen LogP contribution in [0, 0.1) is 11.6 Å². The smallest absolute Gasteiger partial charge is 0.258 e. The Morgan fingerprint density at radius 1 is 0.927 bits per heavy atom. The molecule has 2 heterocycles. The number of aromatic nitrogens is 2. The molecule has 0 bridgehead atoms. The number of nitrogens with one attached hydrogen (secondary N) is 2. The molecule has 1 aromatic heterocycles. The molecule has 5 aromatic rings. The number of aromatic amines is 1. The number of fused-ring (bicyclic) bond motifs is 1. The van der Waals surface area contributed by atoms with E-state index in [-0.39, 0.29) is 5.91 Å². The Balaban J connectivity index is 1.30.